The van der Waals surface area contributed by atoms with Crippen LogP contribution in [-0.4, -0.2) is 4.21 Å². The molecule has 0 spiro atoms. The summed E-state index contributed by atoms with van der Waals surface area (Å²) in [7, 11) is -0.952. The molecule has 2 heteroatoms. The second-order valence-electron chi connectivity index (χ2n) is 5.22. The van der Waals surface area contributed by atoms with E-state index in [9.17, 15) is 4.21 Å². The molecule has 0 aliphatic carbocycles. The minimum atomic E-state index is -0.952. The average molecular weight is 272 g/mol. The molecule has 0 fully saturated rings. The van der Waals surface area contributed by atoms with Crippen molar-refractivity contribution in [3.63, 3.8) is 0 Å². The molecule has 0 saturated carbocycles. The molecule has 0 heterocycles. The van der Waals surface area contributed by atoms with Crippen molar-refractivity contribution >= 4 is 10.8 Å². The van der Waals surface area contributed by atoms with E-state index in [1.807, 2.05) is 30.3 Å². The van der Waals surface area contributed by atoms with Gasteiger partial charge in [0, 0.05) is 4.90 Å². The Morgan fingerprint density at radius 2 is 1.47 bits per heavy atom. The van der Waals surface area contributed by atoms with Crippen LogP contribution < -0.4 is 0 Å². The second kappa shape index (κ2) is 6.67. The second-order valence-corrected chi connectivity index (χ2v) is 6.67. The molecule has 0 aliphatic rings. The highest BCUT2D eigenvalue weighted by atomic mass is 32.2. The molecule has 0 amide bonds. The SMILES string of the molecule is CC(C)Cc1ccc(CS(=O)c2ccccc2)cc1. The summed E-state index contributed by atoms with van der Waals surface area (Å²) in [5.74, 6) is 1.26. The van der Waals surface area contributed by atoms with Gasteiger partial charge in [0.05, 0.1) is 16.6 Å². The van der Waals surface area contributed by atoms with Gasteiger partial charge in [-0.2, -0.15) is 0 Å². The Labute approximate surface area is 118 Å². The number of benzene rings is 2. The van der Waals surface area contributed by atoms with Gasteiger partial charge in [-0.15, -0.1) is 0 Å². The summed E-state index contributed by atoms with van der Waals surface area (Å²) < 4.78 is 12.2. The maximum atomic E-state index is 12.2. The van der Waals surface area contributed by atoms with Crippen LogP contribution in [0, 0.1) is 5.92 Å². The maximum Gasteiger partial charge on any atom is 0.0574 e. The first-order valence-corrected chi connectivity index (χ1v) is 7.98. The van der Waals surface area contributed by atoms with Crippen molar-refractivity contribution in [3.8, 4) is 0 Å². The Morgan fingerprint density at radius 3 is 2.05 bits per heavy atom. The highest BCUT2D eigenvalue weighted by molar-refractivity contribution is 7.84. The zero-order valence-electron chi connectivity index (χ0n) is 11.5. The van der Waals surface area contributed by atoms with Crippen molar-refractivity contribution in [3.05, 3.63) is 65.7 Å². The summed E-state index contributed by atoms with van der Waals surface area (Å²) in [4.78, 5) is 0.897. The van der Waals surface area contributed by atoms with Gasteiger partial charge in [0.1, 0.15) is 0 Å². The van der Waals surface area contributed by atoms with Crippen LogP contribution >= 0.6 is 0 Å². The molecule has 1 atom stereocenters. The summed E-state index contributed by atoms with van der Waals surface area (Å²) in [5.41, 5.74) is 2.49. The van der Waals surface area contributed by atoms with E-state index < -0.39 is 10.8 Å². The molecule has 1 nitrogen and oxygen atoms in total. The van der Waals surface area contributed by atoms with E-state index in [4.69, 9.17) is 0 Å². The molecule has 0 aliphatic heterocycles. The van der Waals surface area contributed by atoms with E-state index in [0.717, 1.165) is 16.9 Å². The Bertz CT molecular complexity index is 529. The third-order valence-corrected chi connectivity index (χ3v) is 4.36. The Balaban J connectivity index is 2.02. The first-order chi connectivity index (χ1) is 9.15. The molecule has 100 valence electrons. The minimum Gasteiger partial charge on any atom is -0.254 e. The van der Waals surface area contributed by atoms with Crippen LogP contribution in [-0.2, 0) is 23.0 Å². The van der Waals surface area contributed by atoms with Crippen molar-refractivity contribution in [1.82, 2.24) is 0 Å². The molecule has 2 aromatic carbocycles. The van der Waals surface area contributed by atoms with Crippen molar-refractivity contribution in [2.75, 3.05) is 0 Å². The van der Waals surface area contributed by atoms with Crippen molar-refractivity contribution in [1.29, 1.82) is 0 Å². The van der Waals surface area contributed by atoms with Crippen molar-refractivity contribution in [2.24, 2.45) is 5.92 Å². The summed E-state index contributed by atoms with van der Waals surface area (Å²) in [6.45, 7) is 4.44. The molecule has 19 heavy (non-hydrogen) atoms. The third kappa shape index (κ3) is 4.32. The molecular formula is C17H20OS. The van der Waals surface area contributed by atoms with Crippen LogP contribution in [0.15, 0.2) is 59.5 Å². The van der Waals surface area contributed by atoms with Gasteiger partial charge in [0.2, 0.25) is 0 Å². The van der Waals surface area contributed by atoms with E-state index in [1.54, 1.807) is 0 Å². The normalized spacial score (nSPS) is 12.6. The van der Waals surface area contributed by atoms with Gasteiger partial charge >= 0.3 is 0 Å². The predicted octanol–water partition coefficient (Wildman–Crippen LogP) is 4.19. The quantitative estimate of drug-likeness (QED) is 0.797. The zero-order chi connectivity index (χ0) is 13.7. The fraction of sp³-hybridized carbons (Fsp3) is 0.294. The van der Waals surface area contributed by atoms with Gasteiger partial charge in [-0.05, 0) is 35.6 Å². The van der Waals surface area contributed by atoms with Crippen LogP contribution in [0.25, 0.3) is 0 Å². The van der Waals surface area contributed by atoms with E-state index >= 15 is 0 Å². The summed E-state index contributed by atoms with van der Waals surface area (Å²) in [6.07, 6.45) is 1.10. The lowest BCUT2D eigenvalue weighted by atomic mass is 10.0. The van der Waals surface area contributed by atoms with Gasteiger partial charge in [-0.25, -0.2) is 0 Å². The van der Waals surface area contributed by atoms with Crippen LogP contribution in [0.2, 0.25) is 0 Å². The standard InChI is InChI=1S/C17H20OS/c1-14(2)12-15-8-10-16(11-9-15)13-19(18)17-6-4-3-5-7-17/h3-11,14H,12-13H2,1-2H3. The molecule has 0 aromatic heterocycles. The fourth-order valence-corrected chi connectivity index (χ4v) is 3.17. The van der Waals surface area contributed by atoms with Crippen LogP contribution in [0.3, 0.4) is 0 Å². The average Bonchev–Trinajstić information content (AvgIpc) is 2.41. The lowest BCUT2D eigenvalue weighted by Gasteiger charge is -2.07. The highest BCUT2D eigenvalue weighted by Crippen LogP contribution is 2.14. The van der Waals surface area contributed by atoms with E-state index in [-0.39, 0.29) is 0 Å². The van der Waals surface area contributed by atoms with Crippen LogP contribution in [0.4, 0.5) is 0 Å². The predicted molar refractivity (Wildman–Crippen MR) is 81.5 cm³/mol. The lowest BCUT2D eigenvalue weighted by molar-refractivity contribution is 0.647. The lowest BCUT2D eigenvalue weighted by Crippen LogP contribution is -1.98. The maximum absolute atomic E-state index is 12.2. The largest absolute Gasteiger partial charge is 0.254 e. The van der Waals surface area contributed by atoms with E-state index in [1.165, 1.54) is 5.56 Å². The smallest absolute Gasteiger partial charge is 0.0574 e. The molecule has 0 radical (unpaired) electrons. The van der Waals surface area contributed by atoms with Gasteiger partial charge in [0.15, 0.2) is 0 Å². The van der Waals surface area contributed by atoms with Crippen molar-refractivity contribution < 1.29 is 4.21 Å². The Hall–Kier alpha value is -1.41. The van der Waals surface area contributed by atoms with E-state index in [0.29, 0.717) is 11.7 Å². The Kier molecular flexibility index (Phi) is 4.92. The van der Waals surface area contributed by atoms with Crippen LogP contribution in [0.1, 0.15) is 25.0 Å². The van der Waals surface area contributed by atoms with Gasteiger partial charge in [0.25, 0.3) is 0 Å². The monoisotopic (exact) mass is 272 g/mol. The summed E-state index contributed by atoms with van der Waals surface area (Å²) in [6, 6.07) is 18.1. The minimum absolute atomic E-state index is 0.589. The number of hydrogen-bond donors (Lipinski definition) is 0. The highest BCUT2D eigenvalue weighted by Gasteiger charge is 2.05. The van der Waals surface area contributed by atoms with Crippen LogP contribution in [0.5, 0.6) is 0 Å². The molecule has 0 bridgehead atoms. The van der Waals surface area contributed by atoms with Gasteiger partial charge in [-0.3, -0.25) is 4.21 Å². The first-order valence-electron chi connectivity index (χ1n) is 6.66. The summed E-state index contributed by atoms with van der Waals surface area (Å²) >= 11 is 0. The number of rotatable bonds is 5. The third-order valence-electron chi connectivity index (χ3n) is 2.97. The molecule has 2 aromatic rings. The van der Waals surface area contributed by atoms with Crippen molar-refractivity contribution in [2.45, 2.75) is 30.9 Å². The topological polar surface area (TPSA) is 17.1 Å². The van der Waals surface area contributed by atoms with Gasteiger partial charge < -0.3 is 0 Å². The Morgan fingerprint density at radius 1 is 0.895 bits per heavy atom. The molecular weight excluding hydrogens is 252 g/mol. The van der Waals surface area contributed by atoms with E-state index in [2.05, 4.69) is 38.1 Å². The molecule has 0 saturated heterocycles. The molecule has 2 rings (SSSR count). The summed E-state index contributed by atoms with van der Waals surface area (Å²) in [5, 5.41) is 0. The fourth-order valence-electron chi connectivity index (χ4n) is 2.05. The number of hydrogen-bond acceptors (Lipinski definition) is 1. The molecule has 0 N–H and O–H groups in total. The first kappa shape index (κ1) is 14.0. The molecule has 1 unspecified atom stereocenters. The van der Waals surface area contributed by atoms with Gasteiger partial charge in [-0.1, -0.05) is 56.3 Å². The zero-order valence-corrected chi connectivity index (χ0v) is 12.3.